The number of halogens is 2. The average Bonchev–Trinajstić information content (AvgIpc) is 3.24. The van der Waals surface area contributed by atoms with Crippen LogP contribution in [0.2, 0.25) is 5.02 Å². The molecule has 3 aromatic rings. The highest BCUT2D eigenvalue weighted by Gasteiger charge is 2.24. The Morgan fingerprint density at radius 3 is 2.47 bits per heavy atom. The Morgan fingerprint density at radius 2 is 1.73 bits per heavy atom. The van der Waals surface area contributed by atoms with Gasteiger partial charge in [0.15, 0.2) is 5.76 Å². The molecule has 7 heteroatoms. The molecule has 2 heterocycles. The summed E-state index contributed by atoms with van der Waals surface area (Å²) in [5.41, 5.74) is 1.22. The van der Waals surface area contributed by atoms with Crippen molar-refractivity contribution in [3.05, 3.63) is 87.2 Å². The van der Waals surface area contributed by atoms with Gasteiger partial charge in [0.2, 0.25) is 0 Å². The van der Waals surface area contributed by atoms with E-state index in [0.717, 1.165) is 34.9 Å². The minimum Gasteiger partial charge on any atom is -0.484 e. The second-order valence-electron chi connectivity index (χ2n) is 7.18. The maximum absolute atomic E-state index is 12.8. The highest BCUT2D eigenvalue weighted by molar-refractivity contribution is 9.10. The number of hydrogen-bond donors (Lipinski definition) is 0. The van der Waals surface area contributed by atoms with Crippen molar-refractivity contribution in [2.45, 2.75) is 13.2 Å². The summed E-state index contributed by atoms with van der Waals surface area (Å²) in [4.78, 5) is 17.0. The molecule has 1 saturated heterocycles. The lowest BCUT2D eigenvalue weighted by Crippen LogP contribution is -2.48. The van der Waals surface area contributed by atoms with Crippen molar-refractivity contribution in [1.82, 2.24) is 9.80 Å². The van der Waals surface area contributed by atoms with E-state index in [9.17, 15) is 4.79 Å². The summed E-state index contributed by atoms with van der Waals surface area (Å²) >= 11 is 9.40. The Hall–Kier alpha value is -2.28. The van der Waals surface area contributed by atoms with Crippen LogP contribution in [0.1, 0.15) is 21.9 Å². The third-order valence-corrected chi connectivity index (χ3v) is 5.97. The van der Waals surface area contributed by atoms with Gasteiger partial charge in [-0.3, -0.25) is 9.69 Å². The molecule has 0 spiro atoms. The highest BCUT2D eigenvalue weighted by Crippen LogP contribution is 2.25. The minimum atomic E-state index is -0.0757. The number of nitrogens with zero attached hydrogens (tertiary/aromatic N) is 2. The van der Waals surface area contributed by atoms with Gasteiger partial charge in [0.1, 0.15) is 18.1 Å². The molecule has 1 aromatic heterocycles. The number of amides is 1. The summed E-state index contributed by atoms with van der Waals surface area (Å²) in [7, 11) is 0. The van der Waals surface area contributed by atoms with Gasteiger partial charge in [-0.05, 0) is 57.9 Å². The van der Waals surface area contributed by atoms with Crippen LogP contribution in [0.5, 0.6) is 5.75 Å². The van der Waals surface area contributed by atoms with E-state index in [-0.39, 0.29) is 12.5 Å². The van der Waals surface area contributed by atoms with Gasteiger partial charge in [0.25, 0.3) is 5.91 Å². The average molecular weight is 490 g/mol. The Labute approximate surface area is 189 Å². The van der Waals surface area contributed by atoms with Gasteiger partial charge in [0, 0.05) is 37.7 Å². The molecule has 0 bridgehead atoms. The molecule has 0 atom stereocenters. The Morgan fingerprint density at radius 1 is 1.00 bits per heavy atom. The van der Waals surface area contributed by atoms with Gasteiger partial charge < -0.3 is 14.1 Å². The van der Waals surface area contributed by atoms with Crippen LogP contribution < -0.4 is 4.74 Å². The van der Waals surface area contributed by atoms with E-state index in [4.69, 9.17) is 20.8 Å². The number of ether oxygens (including phenoxy) is 1. The number of para-hydroxylation sites is 1. The Balaban J connectivity index is 1.28. The quantitative estimate of drug-likeness (QED) is 0.475. The number of carbonyl (C=O) groups excluding carboxylic acids is 1. The monoisotopic (exact) mass is 488 g/mol. The molecular formula is C23H22BrClN2O3. The van der Waals surface area contributed by atoms with E-state index in [1.807, 2.05) is 53.4 Å². The minimum absolute atomic E-state index is 0.0757. The van der Waals surface area contributed by atoms with Gasteiger partial charge in [-0.15, -0.1) is 0 Å². The maximum Gasteiger partial charge on any atom is 0.289 e. The zero-order chi connectivity index (χ0) is 20.9. The van der Waals surface area contributed by atoms with E-state index >= 15 is 0 Å². The third-order valence-electron chi connectivity index (χ3n) is 5.06. The zero-order valence-electron chi connectivity index (χ0n) is 16.4. The molecule has 30 heavy (non-hydrogen) atoms. The molecule has 0 N–H and O–H groups in total. The highest BCUT2D eigenvalue weighted by atomic mass is 79.9. The first-order valence-corrected chi connectivity index (χ1v) is 11.0. The summed E-state index contributed by atoms with van der Waals surface area (Å²) in [6.45, 7) is 4.13. The first kappa shape index (κ1) is 21.0. The lowest BCUT2D eigenvalue weighted by molar-refractivity contribution is 0.0594. The fourth-order valence-corrected chi connectivity index (χ4v) is 3.92. The summed E-state index contributed by atoms with van der Waals surface area (Å²) in [5.74, 6) is 1.63. The first-order valence-electron chi connectivity index (χ1n) is 9.80. The van der Waals surface area contributed by atoms with Crippen LogP contribution in [0.4, 0.5) is 0 Å². The summed E-state index contributed by atoms with van der Waals surface area (Å²) < 4.78 is 12.4. The van der Waals surface area contributed by atoms with Gasteiger partial charge in [0.05, 0.1) is 4.47 Å². The first-order chi connectivity index (χ1) is 14.6. The molecule has 0 aliphatic carbocycles. The molecule has 5 nitrogen and oxygen atoms in total. The van der Waals surface area contributed by atoms with Gasteiger partial charge in [-0.25, -0.2) is 0 Å². The van der Waals surface area contributed by atoms with Crippen molar-refractivity contribution in [3.8, 4) is 5.75 Å². The number of piperazine rings is 1. The molecule has 0 radical (unpaired) electrons. The van der Waals surface area contributed by atoms with Crippen LogP contribution in [0.15, 0.2) is 69.6 Å². The van der Waals surface area contributed by atoms with E-state index in [1.165, 1.54) is 5.56 Å². The van der Waals surface area contributed by atoms with Crippen molar-refractivity contribution >= 4 is 33.4 Å². The third kappa shape index (κ3) is 5.25. The fraction of sp³-hybridized carbons (Fsp3) is 0.261. The topological polar surface area (TPSA) is 45.9 Å². The van der Waals surface area contributed by atoms with Crippen LogP contribution in [-0.2, 0) is 13.2 Å². The van der Waals surface area contributed by atoms with E-state index in [2.05, 4.69) is 20.8 Å². The Kier molecular flexibility index (Phi) is 6.77. The van der Waals surface area contributed by atoms with Crippen LogP contribution in [0.25, 0.3) is 0 Å². The lowest BCUT2D eigenvalue weighted by atomic mass is 10.2. The van der Waals surface area contributed by atoms with E-state index in [0.29, 0.717) is 24.6 Å². The second-order valence-corrected chi connectivity index (χ2v) is 8.47. The number of benzene rings is 2. The smallest absolute Gasteiger partial charge is 0.289 e. The summed E-state index contributed by atoms with van der Waals surface area (Å²) in [5, 5.41) is 0.744. The molecule has 0 saturated carbocycles. The molecular weight excluding hydrogens is 468 g/mol. The molecule has 0 unspecified atom stereocenters. The number of rotatable bonds is 6. The molecule has 4 rings (SSSR count). The second kappa shape index (κ2) is 9.69. The van der Waals surface area contributed by atoms with Gasteiger partial charge in [-0.2, -0.15) is 0 Å². The van der Waals surface area contributed by atoms with Crippen molar-refractivity contribution < 1.29 is 13.9 Å². The summed E-state index contributed by atoms with van der Waals surface area (Å²) in [6, 6.07) is 19.0. The molecule has 156 valence electrons. The van der Waals surface area contributed by atoms with Crippen molar-refractivity contribution in [3.63, 3.8) is 0 Å². The van der Waals surface area contributed by atoms with Crippen LogP contribution in [-0.4, -0.2) is 41.9 Å². The Bertz CT molecular complexity index is 998. The van der Waals surface area contributed by atoms with Crippen molar-refractivity contribution in [1.29, 1.82) is 0 Å². The molecule has 1 aliphatic rings. The summed E-state index contributed by atoms with van der Waals surface area (Å²) in [6.07, 6.45) is 0. The molecule has 2 aromatic carbocycles. The lowest BCUT2D eigenvalue weighted by Gasteiger charge is -2.34. The van der Waals surface area contributed by atoms with Crippen molar-refractivity contribution in [2.24, 2.45) is 0 Å². The van der Waals surface area contributed by atoms with Gasteiger partial charge in [-0.1, -0.05) is 35.9 Å². The predicted octanol–water partition coefficient (Wildman–Crippen LogP) is 5.23. The SMILES string of the molecule is O=C(c1ccc(COc2ccccc2Br)o1)N1CCN(Cc2ccc(Cl)cc2)CC1. The number of hydrogen-bond acceptors (Lipinski definition) is 4. The van der Waals surface area contributed by atoms with Crippen LogP contribution >= 0.6 is 27.5 Å². The molecule has 1 amide bonds. The number of carbonyl (C=O) groups is 1. The molecule has 1 fully saturated rings. The van der Waals surface area contributed by atoms with Gasteiger partial charge >= 0.3 is 0 Å². The van der Waals surface area contributed by atoms with Crippen molar-refractivity contribution in [2.75, 3.05) is 26.2 Å². The maximum atomic E-state index is 12.8. The van der Waals surface area contributed by atoms with E-state index in [1.54, 1.807) is 12.1 Å². The fourth-order valence-electron chi connectivity index (χ4n) is 3.39. The van der Waals surface area contributed by atoms with Crippen LogP contribution in [0, 0.1) is 0 Å². The predicted molar refractivity (Wildman–Crippen MR) is 120 cm³/mol. The zero-order valence-corrected chi connectivity index (χ0v) is 18.7. The largest absolute Gasteiger partial charge is 0.484 e. The standard InChI is InChI=1S/C23H22BrClN2O3/c24-20-3-1-2-4-21(20)29-16-19-9-10-22(30-19)23(28)27-13-11-26(12-14-27)15-17-5-7-18(25)8-6-17/h1-10H,11-16H2. The van der Waals surface area contributed by atoms with Crippen LogP contribution in [0.3, 0.4) is 0 Å². The number of furan rings is 1. The normalized spacial score (nSPS) is 14.7. The molecule has 1 aliphatic heterocycles. The van der Waals surface area contributed by atoms with E-state index < -0.39 is 0 Å².